The van der Waals surface area contributed by atoms with Gasteiger partial charge in [0, 0.05) is 18.1 Å². The third kappa shape index (κ3) is 3.63. The molecule has 108 valence electrons. The van der Waals surface area contributed by atoms with Gasteiger partial charge in [-0.2, -0.15) is 0 Å². The highest BCUT2D eigenvalue weighted by Crippen LogP contribution is 2.24. The first-order valence-electron chi connectivity index (χ1n) is 6.33. The lowest BCUT2D eigenvalue weighted by Gasteiger charge is -2.16. The van der Waals surface area contributed by atoms with E-state index in [0.29, 0.717) is 5.56 Å². The monoisotopic (exact) mass is 279 g/mol. The lowest BCUT2D eigenvalue weighted by atomic mass is 9.89. The van der Waals surface area contributed by atoms with E-state index in [9.17, 15) is 19.7 Å². The second-order valence-corrected chi connectivity index (χ2v) is 4.59. The van der Waals surface area contributed by atoms with E-state index in [1.807, 2.05) is 0 Å². The van der Waals surface area contributed by atoms with E-state index in [1.54, 1.807) is 20.8 Å². The Balaban J connectivity index is 3.13. The lowest BCUT2D eigenvalue weighted by Crippen LogP contribution is -2.27. The predicted octanol–water partition coefficient (Wildman–Crippen LogP) is 2.47. The van der Waals surface area contributed by atoms with Crippen LogP contribution in [0, 0.1) is 16.0 Å². The quantitative estimate of drug-likeness (QED) is 0.345. The van der Waals surface area contributed by atoms with Crippen molar-refractivity contribution in [1.82, 2.24) is 0 Å². The summed E-state index contributed by atoms with van der Waals surface area (Å²) in [6.45, 7) is 5.22. The molecule has 0 radical (unpaired) electrons. The number of carbonyl (C=O) groups excluding carboxylic acids is 2. The molecule has 0 heterocycles. The molecule has 0 bridgehead atoms. The Kier molecular flexibility index (Phi) is 5.37. The van der Waals surface area contributed by atoms with Crippen LogP contribution in [0.4, 0.5) is 5.69 Å². The van der Waals surface area contributed by atoms with Gasteiger partial charge in [-0.05, 0) is 12.5 Å². The van der Waals surface area contributed by atoms with Gasteiger partial charge in [0.1, 0.15) is 5.92 Å². The number of rotatable bonds is 6. The van der Waals surface area contributed by atoms with E-state index in [0.717, 1.165) is 0 Å². The van der Waals surface area contributed by atoms with Crippen molar-refractivity contribution < 1.29 is 19.2 Å². The van der Waals surface area contributed by atoms with E-state index in [2.05, 4.69) is 0 Å². The van der Waals surface area contributed by atoms with Crippen LogP contribution in [0.1, 0.15) is 32.3 Å². The zero-order valence-corrected chi connectivity index (χ0v) is 11.7. The molecule has 0 N–H and O–H groups in total. The Morgan fingerprint density at radius 1 is 1.25 bits per heavy atom. The minimum Gasteiger partial charge on any atom is -0.465 e. The Hall–Kier alpha value is -2.24. The molecule has 0 amide bonds. The largest absolute Gasteiger partial charge is 0.465 e. The van der Waals surface area contributed by atoms with Crippen LogP contribution in [-0.2, 0) is 14.3 Å². The molecule has 1 rings (SSSR count). The fraction of sp³-hybridized carbons (Fsp3) is 0.429. The zero-order chi connectivity index (χ0) is 15.3. The lowest BCUT2D eigenvalue weighted by molar-refractivity contribution is -0.384. The van der Waals surface area contributed by atoms with Crippen LogP contribution in [0.2, 0.25) is 0 Å². The Morgan fingerprint density at radius 2 is 1.80 bits per heavy atom. The van der Waals surface area contributed by atoms with Gasteiger partial charge >= 0.3 is 5.97 Å². The van der Waals surface area contributed by atoms with Gasteiger partial charge < -0.3 is 4.74 Å². The van der Waals surface area contributed by atoms with Crippen LogP contribution in [0.5, 0.6) is 0 Å². The van der Waals surface area contributed by atoms with Crippen LogP contribution in [0.15, 0.2) is 24.3 Å². The van der Waals surface area contributed by atoms with E-state index >= 15 is 0 Å². The zero-order valence-electron chi connectivity index (χ0n) is 11.7. The molecular formula is C14H17NO5. The highest BCUT2D eigenvalue weighted by Gasteiger charge is 2.31. The fourth-order valence-electron chi connectivity index (χ4n) is 1.76. The van der Waals surface area contributed by atoms with Crippen LogP contribution in [0.25, 0.3) is 0 Å². The van der Waals surface area contributed by atoms with Crippen LogP contribution >= 0.6 is 0 Å². The minimum atomic E-state index is -1.03. The standard InChI is InChI=1S/C14H17NO5/c1-4-20-14(17)12(13(16)9(2)3)10-5-7-11(8-6-10)15(18)19/h5-9,12H,4H2,1-3H3. The number of Topliss-reactive ketones (excluding diaryl/α,β-unsaturated/α-hetero) is 1. The summed E-state index contributed by atoms with van der Waals surface area (Å²) >= 11 is 0. The molecule has 0 saturated carbocycles. The van der Waals surface area contributed by atoms with Gasteiger partial charge in [0.25, 0.3) is 5.69 Å². The molecule has 0 aliphatic carbocycles. The average Bonchev–Trinajstić information content (AvgIpc) is 2.39. The maximum Gasteiger partial charge on any atom is 0.321 e. The second-order valence-electron chi connectivity index (χ2n) is 4.59. The van der Waals surface area contributed by atoms with E-state index in [4.69, 9.17) is 4.74 Å². The van der Waals surface area contributed by atoms with Gasteiger partial charge in [-0.25, -0.2) is 0 Å². The molecule has 20 heavy (non-hydrogen) atoms. The molecule has 0 aromatic heterocycles. The summed E-state index contributed by atoms with van der Waals surface area (Å²) in [5.74, 6) is -2.26. The minimum absolute atomic E-state index is 0.0895. The van der Waals surface area contributed by atoms with Gasteiger partial charge in [0.2, 0.25) is 0 Å². The maximum atomic E-state index is 12.1. The highest BCUT2D eigenvalue weighted by atomic mass is 16.6. The molecule has 0 saturated heterocycles. The molecule has 0 aliphatic heterocycles. The van der Waals surface area contributed by atoms with Gasteiger partial charge in [-0.15, -0.1) is 0 Å². The number of hydrogen-bond donors (Lipinski definition) is 0. The van der Waals surface area contributed by atoms with Crippen LogP contribution in [-0.4, -0.2) is 23.3 Å². The average molecular weight is 279 g/mol. The van der Waals surface area contributed by atoms with Gasteiger partial charge in [0.05, 0.1) is 11.5 Å². The highest BCUT2D eigenvalue weighted by molar-refractivity contribution is 6.05. The molecule has 1 aromatic rings. The number of hydrogen-bond acceptors (Lipinski definition) is 5. The SMILES string of the molecule is CCOC(=O)C(C(=O)C(C)C)c1ccc([N+](=O)[O-])cc1. The number of carbonyl (C=O) groups is 2. The summed E-state index contributed by atoms with van der Waals surface area (Å²) in [5, 5.41) is 10.6. The third-order valence-corrected chi connectivity index (χ3v) is 2.81. The molecule has 6 nitrogen and oxygen atoms in total. The van der Waals surface area contributed by atoms with Crippen LogP contribution < -0.4 is 0 Å². The number of ketones is 1. The smallest absolute Gasteiger partial charge is 0.321 e. The number of nitro benzene ring substituents is 1. The van der Waals surface area contributed by atoms with Crippen molar-refractivity contribution in [2.45, 2.75) is 26.7 Å². The van der Waals surface area contributed by atoms with E-state index < -0.39 is 16.8 Å². The molecule has 1 aromatic carbocycles. The molecule has 0 fully saturated rings. The van der Waals surface area contributed by atoms with Crippen molar-refractivity contribution in [3.8, 4) is 0 Å². The van der Waals surface area contributed by atoms with Gasteiger partial charge in [-0.1, -0.05) is 26.0 Å². The Morgan fingerprint density at radius 3 is 2.20 bits per heavy atom. The first-order valence-corrected chi connectivity index (χ1v) is 6.33. The Bertz CT molecular complexity index is 507. The summed E-state index contributed by atoms with van der Waals surface area (Å²) < 4.78 is 4.91. The Labute approximate surface area is 116 Å². The van der Waals surface area contributed by atoms with Crippen molar-refractivity contribution in [3.63, 3.8) is 0 Å². The molecule has 0 spiro atoms. The summed E-state index contributed by atoms with van der Waals surface area (Å²) in [7, 11) is 0. The number of non-ortho nitro benzene ring substituents is 1. The van der Waals surface area contributed by atoms with Crippen molar-refractivity contribution in [2.24, 2.45) is 5.92 Å². The van der Waals surface area contributed by atoms with Crippen molar-refractivity contribution >= 4 is 17.4 Å². The molecule has 1 atom stereocenters. The molecule has 0 aliphatic rings. The van der Waals surface area contributed by atoms with Gasteiger partial charge in [0.15, 0.2) is 5.78 Å². The maximum absolute atomic E-state index is 12.1. The van der Waals surface area contributed by atoms with E-state index in [1.165, 1.54) is 24.3 Å². The topological polar surface area (TPSA) is 86.5 Å². The fourth-order valence-corrected chi connectivity index (χ4v) is 1.76. The van der Waals surface area contributed by atoms with Crippen LogP contribution in [0.3, 0.4) is 0 Å². The summed E-state index contributed by atoms with van der Waals surface area (Å²) in [4.78, 5) is 34.1. The predicted molar refractivity (Wildman–Crippen MR) is 72.3 cm³/mol. The third-order valence-electron chi connectivity index (χ3n) is 2.81. The van der Waals surface area contributed by atoms with Gasteiger partial charge in [-0.3, -0.25) is 19.7 Å². The van der Waals surface area contributed by atoms with Crippen molar-refractivity contribution in [2.75, 3.05) is 6.61 Å². The first-order chi connectivity index (χ1) is 9.38. The molecular weight excluding hydrogens is 262 g/mol. The molecule has 6 heteroatoms. The molecule has 1 unspecified atom stereocenters. The van der Waals surface area contributed by atoms with Crippen molar-refractivity contribution in [1.29, 1.82) is 0 Å². The first kappa shape index (κ1) is 15.8. The number of esters is 1. The normalized spacial score (nSPS) is 12.0. The number of benzene rings is 1. The summed E-state index contributed by atoms with van der Waals surface area (Å²) in [6, 6.07) is 5.38. The second kappa shape index (κ2) is 6.79. The summed E-state index contributed by atoms with van der Waals surface area (Å²) in [5.41, 5.74) is 0.320. The number of nitrogens with zero attached hydrogens (tertiary/aromatic N) is 1. The number of nitro groups is 1. The number of ether oxygens (including phenoxy) is 1. The van der Waals surface area contributed by atoms with Crippen molar-refractivity contribution in [3.05, 3.63) is 39.9 Å². The summed E-state index contributed by atoms with van der Waals surface area (Å²) in [6.07, 6.45) is 0. The van der Waals surface area contributed by atoms with E-state index in [-0.39, 0.29) is 24.0 Å².